The third kappa shape index (κ3) is 4.10. The predicted molar refractivity (Wildman–Crippen MR) is 118 cm³/mol. The van der Waals surface area contributed by atoms with Gasteiger partial charge in [-0.05, 0) is 23.3 Å². The van der Waals surface area contributed by atoms with Crippen molar-refractivity contribution >= 4 is 17.5 Å². The number of ether oxygens (including phenoxy) is 2. The molecule has 6 nitrogen and oxygen atoms in total. The summed E-state index contributed by atoms with van der Waals surface area (Å²) >= 11 is 0. The fourth-order valence-electron chi connectivity index (χ4n) is 3.89. The van der Waals surface area contributed by atoms with Crippen molar-refractivity contribution in [2.45, 2.75) is 18.5 Å². The Morgan fingerprint density at radius 2 is 1.55 bits per heavy atom. The van der Waals surface area contributed by atoms with E-state index < -0.39 is 6.04 Å². The minimum Gasteiger partial charge on any atom is -0.493 e. The highest BCUT2D eigenvalue weighted by Gasteiger charge is 2.49. The first kappa shape index (κ1) is 20.5. The van der Waals surface area contributed by atoms with Crippen LogP contribution in [0.2, 0.25) is 0 Å². The highest BCUT2D eigenvalue weighted by atomic mass is 16.5. The summed E-state index contributed by atoms with van der Waals surface area (Å²) in [7, 11) is 3.12. The molecule has 3 aromatic rings. The summed E-state index contributed by atoms with van der Waals surface area (Å²) in [6.45, 7) is 0. The number of benzene rings is 3. The number of carbonyl (C=O) groups excluding carboxylic acids is 2. The van der Waals surface area contributed by atoms with Gasteiger partial charge >= 0.3 is 0 Å². The van der Waals surface area contributed by atoms with Crippen molar-refractivity contribution < 1.29 is 19.1 Å². The first-order chi connectivity index (χ1) is 15.1. The van der Waals surface area contributed by atoms with Crippen LogP contribution in [0.1, 0.15) is 17.2 Å². The molecule has 0 bridgehead atoms. The number of hydrogen-bond acceptors (Lipinski definition) is 4. The van der Waals surface area contributed by atoms with E-state index in [2.05, 4.69) is 5.32 Å². The number of hydrogen-bond donors (Lipinski definition) is 1. The number of nitrogens with zero attached hydrogens (tertiary/aromatic N) is 1. The van der Waals surface area contributed by atoms with Crippen molar-refractivity contribution in [2.24, 2.45) is 0 Å². The first-order valence-corrected chi connectivity index (χ1v) is 10.1. The van der Waals surface area contributed by atoms with Crippen LogP contribution in [-0.2, 0) is 16.0 Å². The van der Waals surface area contributed by atoms with Crippen LogP contribution in [-0.4, -0.2) is 32.1 Å². The van der Waals surface area contributed by atoms with Crippen LogP contribution < -0.4 is 19.7 Å². The lowest BCUT2D eigenvalue weighted by molar-refractivity contribution is -0.132. The molecule has 31 heavy (non-hydrogen) atoms. The number of methoxy groups -OCH3 is 2. The average Bonchev–Trinajstić information content (AvgIpc) is 2.81. The summed E-state index contributed by atoms with van der Waals surface area (Å²) in [6, 6.07) is 23.6. The van der Waals surface area contributed by atoms with Crippen LogP contribution in [0.5, 0.6) is 11.5 Å². The molecule has 2 atom stereocenters. The zero-order chi connectivity index (χ0) is 21.8. The molecule has 0 aliphatic carbocycles. The van der Waals surface area contributed by atoms with Crippen LogP contribution in [0, 0.1) is 0 Å². The average molecular weight is 416 g/mol. The van der Waals surface area contributed by atoms with Gasteiger partial charge in [0, 0.05) is 11.8 Å². The molecule has 1 aliphatic rings. The SMILES string of the molecule is COc1ccc(N2C(=O)C(NC(=O)Cc3ccccc3)C2c2ccccc2)cc1OC. The quantitative estimate of drug-likeness (QED) is 0.599. The molecule has 0 aromatic heterocycles. The van der Waals surface area contributed by atoms with E-state index in [4.69, 9.17) is 9.47 Å². The lowest BCUT2D eigenvalue weighted by Crippen LogP contribution is -2.66. The number of amides is 2. The lowest BCUT2D eigenvalue weighted by Gasteiger charge is -2.47. The van der Waals surface area contributed by atoms with Crippen LogP contribution in [0.4, 0.5) is 5.69 Å². The maximum atomic E-state index is 13.1. The van der Waals surface area contributed by atoms with Gasteiger partial charge in [-0.25, -0.2) is 0 Å². The van der Waals surface area contributed by atoms with Crippen LogP contribution in [0.3, 0.4) is 0 Å². The van der Waals surface area contributed by atoms with Gasteiger partial charge in [0.1, 0.15) is 6.04 Å². The summed E-state index contributed by atoms with van der Waals surface area (Å²) in [5.74, 6) is 0.777. The molecule has 0 spiro atoms. The minimum atomic E-state index is -0.633. The van der Waals surface area contributed by atoms with Gasteiger partial charge in [0.2, 0.25) is 5.91 Å². The Morgan fingerprint density at radius 1 is 0.903 bits per heavy atom. The van der Waals surface area contributed by atoms with Crippen molar-refractivity contribution in [3.8, 4) is 11.5 Å². The standard InChI is InChI=1S/C25H24N2O4/c1-30-20-14-13-19(16-21(20)31-2)27-24(18-11-7-4-8-12-18)23(25(27)29)26-22(28)15-17-9-5-3-6-10-17/h3-14,16,23-24H,15H2,1-2H3,(H,26,28). The number of β-lactam (4-membered cyclic amide) rings is 1. The Morgan fingerprint density at radius 3 is 2.19 bits per heavy atom. The van der Waals surface area contributed by atoms with Crippen molar-refractivity contribution in [1.82, 2.24) is 5.32 Å². The first-order valence-electron chi connectivity index (χ1n) is 10.1. The number of carbonyl (C=O) groups is 2. The minimum absolute atomic E-state index is 0.164. The van der Waals surface area contributed by atoms with E-state index in [1.807, 2.05) is 66.7 Å². The molecule has 158 valence electrons. The molecule has 1 saturated heterocycles. The Kier molecular flexibility index (Phi) is 5.89. The second-order valence-electron chi connectivity index (χ2n) is 7.31. The fraction of sp³-hybridized carbons (Fsp3) is 0.200. The van der Waals surface area contributed by atoms with Gasteiger partial charge in [0.05, 0.1) is 26.7 Å². The van der Waals surface area contributed by atoms with Gasteiger partial charge in [-0.1, -0.05) is 60.7 Å². The Hall–Kier alpha value is -3.80. The predicted octanol–water partition coefficient (Wildman–Crippen LogP) is 3.52. The summed E-state index contributed by atoms with van der Waals surface area (Å²) in [4.78, 5) is 27.5. The van der Waals surface area contributed by atoms with Gasteiger partial charge in [-0.15, -0.1) is 0 Å². The Bertz CT molecular complexity index is 1070. The molecule has 3 aromatic carbocycles. The van der Waals surface area contributed by atoms with Gasteiger partial charge in [0.15, 0.2) is 11.5 Å². The molecule has 2 amide bonds. The normalized spacial score (nSPS) is 17.6. The van der Waals surface area contributed by atoms with Crippen LogP contribution in [0.15, 0.2) is 78.9 Å². The van der Waals surface area contributed by atoms with Crippen molar-refractivity contribution in [3.63, 3.8) is 0 Å². The third-order valence-electron chi connectivity index (χ3n) is 5.41. The second kappa shape index (κ2) is 8.92. The zero-order valence-corrected chi connectivity index (χ0v) is 17.4. The largest absolute Gasteiger partial charge is 0.493 e. The molecule has 1 fully saturated rings. The van der Waals surface area contributed by atoms with Gasteiger partial charge < -0.3 is 19.7 Å². The number of anilines is 1. The molecular formula is C25H24N2O4. The maximum absolute atomic E-state index is 13.1. The second-order valence-corrected chi connectivity index (χ2v) is 7.31. The molecule has 1 aliphatic heterocycles. The zero-order valence-electron chi connectivity index (χ0n) is 17.4. The molecular weight excluding hydrogens is 392 g/mol. The lowest BCUT2D eigenvalue weighted by atomic mass is 9.87. The highest BCUT2D eigenvalue weighted by Crippen LogP contribution is 2.42. The van der Waals surface area contributed by atoms with Crippen molar-refractivity contribution in [1.29, 1.82) is 0 Å². The fourth-order valence-corrected chi connectivity index (χ4v) is 3.89. The summed E-state index contributed by atoms with van der Waals surface area (Å²) < 4.78 is 10.7. The monoisotopic (exact) mass is 416 g/mol. The van der Waals surface area contributed by atoms with E-state index in [1.165, 1.54) is 0 Å². The molecule has 4 rings (SSSR count). The Balaban J connectivity index is 1.60. The van der Waals surface area contributed by atoms with Crippen molar-refractivity contribution in [2.75, 3.05) is 19.1 Å². The summed E-state index contributed by atoms with van der Waals surface area (Å²) in [6.07, 6.45) is 0.225. The summed E-state index contributed by atoms with van der Waals surface area (Å²) in [5, 5.41) is 2.93. The number of rotatable bonds is 7. The van der Waals surface area contributed by atoms with E-state index in [0.717, 1.165) is 11.1 Å². The topological polar surface area (TPSA) is 67.9 Å². The van der Waals surface area contributed by atoms with Crippen LogP contribution in [0.25, 0.3) is 0 Å². The maximum Gasteiger partial charge on any atom is 0.252 e. The highest BCUT2D eigenvalue weighted by molar-refractivity contribution is 6.07. The molecule has 6 heteroatoms. The molecule has 2 unspecified atom stereocenters. The van der Waals surface area contributed by atoms with Gasteiger partial charge in [0.25, 0.3) is 5.91 Å². The molecule has 0 radical (unpaired) electrons. The van der Waals surface area contributed by atoms with E-state index in [0.29, 0.717) is 17.2 Å². The van der Waals surface area contributed by atoms with E-state index in [9.17, 15) is 9.59 Å². The van der Waals surface area contributed by atoms with E-state index in [1.54, 1.807) is 31.3 Å². The smallest absolute Gasteiger partial charge is 0.252 e. The third-order valence-corrected chi connectivity index (χ3v) is 5.41. The molecule has 1 N–H and O–H groups in total. The molecule has 1 heterocycles. The molecule has 0 saturated carbocycles. The van der Waals surface area contributed by atoms with E-state index in [-0.39, 0.29) is 24.3 Å². The Labute approximate surface area is 181 Å². The number of nitrogens with one attached hydrogen (secondary N) is 1. The summed E-state index contributed by atoms with van der Waals surface area (Å²) in [5.41, 5.74) is 2.53. The van der Waals surface area contributed by atoms with E-state index >= 15 is 0 Å². The van der Waals surface area contributed by atoms with Crippen molar-refractivity contribution in [3.05, 3.63) is 90.0 Å². The van der Waals surface area contributed by atoms with Gasteiger partial charge in [-0.2, -0.15) is 0 Å². The van der Waals surface area contributed by atoms with Crippen LogP contribution >= 0.6 is 0 Å². The van der Waals surface area contributed by atoms with Gasteiger partial charge in [-0.3, -0.25) is 9.59 Å².